The monoisotopic (exact) mass is 232 g/mol. The average molecular weight is 232 g/mol. The number of carboxylic acids is 1. The van der Waals surface area contributed by atoms with Crippen LogP contribution in [0.25, 0.3) is 11.4 Å². The predicted molar refractivity (Wildman–Crippen MR) is 60.2 cm³/mol. The number of carbonyl (C=O) groups is 1. The maximum absolute atomic E-state index is 10.5. The molecule has 1 N–H and O–H groups in total. The molecule has 0 bridgehead atoms. The molecule has 0 aliphatic carbocycles. The molecular weight excluding hydrogens is 220 g/mol. The van der Waals surface area contributed by atoms with Gasteiger partial charge in [0.25, 0.3) is 0 Å². The molecule has 2 aromatic heterocycles. The SMILES string of the molecule is Cn1c(CCC(=O)O)nnc1-c1ccncc1. The minimum absolute atomic E-state index is 0.0579. The lowest BCUT2D eigenvalue weighted by Crippen LogP contribution is -2.04. The second kappa shape index (κ2) is 4.73. The molecule has 0 aromatic carbocycles. The van der Waals surface area contributed by atoms with Crippen molar-refractivity contribution in [3.63, 3.8) is 0 Å². The number of aryl methyl sites for hydroxylation is 1. The van der Waals surface area contributed by atoms with E-state index in [1.807, 2.05) is 19.2 Å². The highest BCUT2D eigenvalue weighted by molar-refractivity contribution is 5.67. The van der Waals surface area contributed by atoms with Crippen LogP contribution in [0.4, 0.5) is 0 Å². The zero-order valence-corrected chi connectivity index (χ0v) is 9.37. The van der Waals surface area contributed by atoms with Gasteiger partial charge in [-0.3, -0.25) is 9.78 Å². The molecular formula is C11H12N4O2. The van der Waals surface area contributed by atoms with Crippen LogP contribution in [0.1, 0.15) is 12.2 Å². The van der Waals surface area contributed by atoms with E-state index in [9.17, 15) is 4.79 Å². The van der Waals surface area contributed by atoms with Gasteiger partial charge in [0.05, 0.1) is 6.42 Å². The summed E-state index contributed by atoms with van der Waals surface area (Å²) in [6.45, 7) is 0. The summed E-state index contributed by atoms with van der Waals surface area (Å²) in [7, 11) is 1.83. The highest BCUT2D eigenvalue weighted by Gasteiger charge is 2.11. The third kappa shape index (κ3) is 2.47. The number of aromatic nitrogens is 4. The van der Waals surface area contributed by atoms with Crippen molar-refractivity contribution in [3.8, 4) is 11.4 Å². The fourth-order valence-corrected chi connectivity index (χ4v) is 1.55. The van der Waals surface area contributed by atoms with Crippen LogP contribution in [0.2, 0.25) is 0 Å². The molecule has 0 atom stereocenters. The first-order chi connectivity index (χ1) is 8.18. The first kappa shape index (κ1) is 11.3. The molecule has 6 heteroatoms. The van der Waals surface area contributed by atoms with Gasteiger partial charge in [-0.15, -0.1) is 10.2 Å². The molecule has 0 aliphatic heterocycles. The average Bonchev–Trinajstić information content (AvgIpc) is 2.69. The maximum Gasteiger partial charge on any atom is 0.303 e. The van der Waals surface area contributed by atoms with E-state index in [2.05, 4.69) is 15.2 Å². The van der Waals surface area contributed by atoms with E-state index in [0.717, 1.165) is 5.56 Å². The Balaban J connectivity index is 2.24. The van der Waals surface area contributed by atoms with Crippen LogP contribution in [-0.4, -0.2) is 30.8 Å². The van der Waals surface area contributed by atoms with Crippen molar-refractivity contribution in [2.45, 2.75) is 12.8 Å². The van der Waals surface area contributed by atoms with E-state index in [1.165, 1.54) is 0 Å². The summed E-state index contributed by atoms with van der Waals surface area (Å²) in [5.74, 6) is 0.547. The van der Waals surface area contributed by atoms with Crippen LogP contribution in [-0.2, 0) is 18.3 Å². The van der Waals surface area contributed by atoms with E-state index in [1.54, 1.807) is 17.0 Å². The molecule has 0 fully saturated rings. The topological polar surface area (TPSA) is 80.9 Å². The Morgan fingerprint density at radius 1 is 1.35 bits per heavy atom. The molecule has 0 amide bonds. The van der Waals surface area contributed by atoms with Crippen LogP contribution < -0.4 is 0 Å². The fraction of sp³-hybridized carbons (Fsp3) is 0.273. The largest absolute Gasteiger partial charge is 0.481 e. The number of carboxylic acid groups (broad SMARTS) is 1. The molecule has 0 aliphatic rings. The van der Waals surface area contributed by atoms with Gasteiger partial charge < -0.3 is 9.67 Å². The number of hydrogen-bond acceptors (Lipinski definition) is 4. The van der Waals surface area contributed by atoms with Gasteiger partial charge >= 0.3 is 5.97 Å². The lowest BCUT2D eigenvalue weighted by atomic mass is 10.2. The third-order valence-electron chi connectivity index (χ3n) is 2.47. The van der Waals surface area contributed by atoms with E-state index < -0.39 is 5.97 Å². The Bertz CT molecular complexity index is 522. The molecule has 2 rings (SSSR count). The Morgan fingerprint density at radius 3 is 2.71 bits per heavy atom. The van der Waals surface area contributed by atoms with Crippen LogP contribution in [0, 0.1) is 0 Å². The third-order valence-corrected chi connectivity index (χ3v) is 2.47. The highest BCUT2D eigenvalue weighted by Crippen LogP contribution is 2.16. The minimum Gasteiger partial charge on any atom is -0.481 e. The lowest BCUT2D eigenvalue weighted by molar-refractivity contribution is -0.137. The normalized spacial score (nSPS) is 10.4. The first-order valence-electron chi connectivity index (χ1n) is 5.19. The van der Waals surface area contributed by atoms with E-state index in [0.29, 0.717) is 18.1 Å². The van der Waals surface area contributed by atoms with Gasteiger partial charge in [0.2, 0.25) is 0 Å². The number of nitrogens with zero attached hydrogens (tertiary/aromatic N) is 4. The highest BCUT2D eigenvalue weighted by atomic mass is 16.4. The molecule has 0 spiro atoms. The smallest absolute Gasteiger partial charge is 0.303 e. The molecule has 2 heterocycles. The zero-order valence-electron chi connectivity index (χ0n) is 9.37. The van der Waals surface area contributed by atoms with E-state index >= 15 is 0 Å². The summed E-state index contributed by atoms with van der Waals surface area (Å²) in [4.78, 5) is 14.4. The quantitative estimate of drug-likeness (QED) is 0.846. The molecule has 6 nitrogen and oxygen atoms in total. The van der Waals surface area contributed by atoms with Gasteiger partial charge in [0, 0.05) is 31.4 Å². The van der Waals surface area contributed by atoms with Crippen LogP contribution in [0.3, 0.4) is 0 Å². The summed E-state index contributed by atoms with van der Waals surface area (Å²) in [5.41, 5.74) is 0.913. The number of rotatable bonds is 4. The van der Waals surface area contributed by atoms with Crippen molar-refractivity contribution in [1.82, 2.24) is 19.7 Å². The lowest BCUT2D eigenvalue weighted by Gasteiger charge is -2.02. The van der Waals surface area contributed by atoms with Crippen molar-refractivity contribution < 1.29 is 9.90 Å². The minimum atomic E-state index is -0.835. The molecule has 0 saturated carbocycles. The van der Waals surface area contributed by atoms with E-state index in [-0.39, 0.29) is 6.42 Å². The van der Waals surface area contributed by atoms with Crippen molar-refractivity contribution in [1.29, 1.82) is 0 Å². The molecule has 88 valence electrons. The van der Waals surface area contributed by atoms with E-state index in [4.69, 9.17) is 5.11 Å². The van der Waals surface area contributed by atoms with Crippen LogP contribution in [0.5, 0.6) is 0 Å². The Kier molecular flexibility index (Phi) is 3.13. The summed E-state index contributed by atoms with van der Waals surface area (Å²) >= 11 is 0. The van der Waals surface area contributed by atoms with Gasteiger partial charge in [-0.2, -0.15) is 0 Å². The molecule has 0 saturated heterocycles. The van der Waals surface area contributed by atoms with Crippen molar-refractivity contribution in [3.05, 3.63) is 30.4 Å². The van der Waals surface area contributed by atoms with Crippen LogP contribution >= 0.6 is 0 Å². The Labute approximate surface area is 98.0 Å². The van der Waals surface area contributed by atoms with Crippen molar-refractivity contribution in [2.75, 3.05) is 0 Å². The summed E-state index contributed by atoms with van der Waals surface area (Å²) < 4.78 is 1.80. The molecule has 0 unspecified atom stereocenters. The van der Waals surface area contributed by atoms with Crippen molar-refractivity contribution in [2.24, 2.45) is 7.05 Å². The summed E-state index contributed by atoms with van der Waals surface area (Å²) in [6, 6.07) is 3.68. The van der Waals surface area contributed by atoms with Crippen LogP contribution in [0.15, 0.2) is 24.5 Å². The fourth-order valence-electron chi connectivity index (χ4n) is 1.55. The standard InChI is InChI=1S/C11H12N4O2/c1-15-9(2-3-10(16)17)13-14-11(15)8-4-6-12-7-5-8/h4-7H,2-3H2,1H3,(H,16,17). The van der Waals surface area contributed by atoms with Gasteiger partial charge in [-0.05, 0) is 12.1 Å². The Morgan fingerprint density at radius 2 is 2.06 bits per heavy atom. The van der Waals surface area contributed by atoms with Gasteiger partial charge in [-0.1, -0.05) is 0 Å². The second-order valence-electron chi connectivity index (χ2n) is 3.63. The van der Waals surface area contributed by atoms with Gasteiger partial charge in [-0.25, -0.2) is 0 Å². The predicted octanol–water partition coefficient (Wildman–Crippen LogP) is 0.894. The first-order valence-corrected chi connectivity index (χ1v) is 5.19. The maximum atomic E-state index is 10.5. The molecule has 0 radical (unpaired) electrons. The molecule has 2 aromatic rings. The summed E-state index contributed by atoms with van der Waals surface area (Å²) in [6.07, 6.45) is 3.80. The van der Waals surface area contributed by atoms with Gasteiger partial charge in [0.15, 0.2) is 5.82 Å². The number of aliphatic carboxylic acids is 1. The summed E-state index contributed by atoms with van der Waals surface area (Å²) in [5, 5.41) is 16.7. The van der Waals surface area contributed by atoms with Gasteiger partial charge in [0.1, 0.15) is 5.82 Å². The Hall–Kier alpha value is -2.24. The molecule has 17 heavy (non-hydrogen) atoms. The number of hydrogen-bond donors (Lipinski definition) is 1. The number of pyridine rings is 1. The van der Waals surface area contributed by atoms with Crippen molar-refractivity contribution >= 4 is 5.97 Å². The second-order valence-corrected chi connectivity index (χ2v) is 3.63. The zero-order chi connectivity index (χ0) is 12.3.